The lowest BCUT2D eigenvalue weighted by Gasteiger charge is -2.43. The molecule has 1 aliphatic heterocycles. The number of carboxylic acid groups (broad SMARTS) is 1. The molecule has 1 aliphatic carbocycles. The molecule has 1 atom stereocenters. The zero-order valence-electron chi connectivity index (χ0n) is 13.0. The number of carboxylic acids is 1. The molecule has 0 aromatic heterocycles. The Morgan fingerprint density at radius 3 is 2.81 bits per heavy atom. The van der Waals surface area contributed by atoms with Gasteiger partial charge in [0.05, 0.1) is 0 Å². The maximum absolute atomic E-state index is 12.3. The average Bonchev–Trinajstić information content (AvgIpc) is 2.89. The molecule has 1 fully saturated rings. The summed E-state index contributed by atoms with van der Waals surface area (Å²) in [5, 5.41) is 12.3. The SMILES string of the molecule is CC1(C)CCCN(C(=O)NCCC2=CCCC2)C1C(=O)O. The van der Waals surface area contributed by atoms with Gasteiger partial charge in [0.1, 0.15) is 6.04 Å². The Hall–Kier alpha value is -1.52. The van der Waals surface area contributed by atoms with E-state index in [1.165, 1.54) is 16.9 Å². The van der Waals surface area contributed by atoms with E-state index in [1.54, 1.807) is 0 Å². The van der Waals surface area contributed by atoms with E-state index in [-0.39, 0.29) is 11.4 Å². The van der Waals surface area contributed by atoms with Crippen LogP contribution >= 0.6 is 0 Å². The summed E-state index contributed by atoms with van der Waals surface area (Å²) in [5.74, 6) is -0.909. The van der Waals surface area contributed by atoms with Crippen LogP contribution in [0.15, 0.2) is 11.6 Å². The molecule has 0 saturated carbocycles. The molecular formula is C16H26N2O3. The Kier molecular flexibility index (Phi) is 4.91. The number of allylic oxidation sites excluding steroid dienone is 1. The molecule has 2 aliphatic rings. The van der Waals surface area contributed by atoms with Crippen molar-refractivity contribution >= 4 is 12.0 Å². The van der Waals surface area contributed by atoms with Crippen molar-refractivity contribution in [3.63, 3.8) is 0 Å². The van der Waals surface area contributed by atoms with Gasteiger partial charge in [0.15, 0.2) is 0 Å². The number of nitrogens with zero attached hydrogens (tertiary/aromatic N) is 1. The molecule has 5 nitrogen and oxygen atoms in total. The van der Waals surface area contributed by atoms with Crippen LogP contribution in [-0.4, -0.2) is 41.1 Å². The molecule has 5 heteroatoms. The summed E-state index contributed by atoms with van der Waals surface area (Å²) >= 11 is 0. The maximum atomic E-state index is 12.3. The van der Waals surface area contributed by atoms with Crippen LogP contribution in [0.1, 0.15) is 52.4 Å². The third-order valence-electron chi connectivity index (χ3n) is 4.62. The van der Waals surface area contributed by atoms with Gasteiger partial charge in [-0.05, 0) is 43.9 Å². The van der Waals surface area contributed by atoms with Crippen molar-refractivity contribution < 1.29 is 14.7 Å². The predicted octanol–water partition coefficient (Wildman–Crippen LogP) is 2.77. The second-order valence-corrected chi connectivity index (χ2v) is 6.76. The number of likely N-dealkylation sites (tertiary alicyclic amines) is 1. The van der Waals surface area contributed by atoms with Crippen LogP contribution in [0.5, 0.6) is 0 Å². The van der Waals surface area contributed by atoms with Crippen LogP contribution in [0.2, 0.25) is 0 Å². The number of piperidine rings is 1. The van der Waals surface area contributed by atoms with E-state index in [2.05, 4.69) is 11.4 Å². The van der Waals surface area contributed by atoms with Crippen LogP contribution in [-0.2, 0) is 4.79 Å². The normalized spacial score (nSPS) is 24.6. The van der Waals surface area contributed by atoms with Crippen molar-refractivity contribution in [3.05, 3.63) is 11.6 Å². The molecule has 0 aromatic rings. The van der Waals surface area contributed by atoms with Gasteiger partial charge in [0.25, 0.3) is 0 Å². The molecule has 2 amide bonds. The Morgan fingerprint density at radius 1 is 1.43 bits per heavy atom. The third-order valence-corrected chi connectivity index (χ3v) is 4.62. The average molecular weight is 294 g/mol. The minimum atomic E-state index is -0.909. The van der Waals surface area contributed by atoms with Crippen LogP contribution < -0.4 is 5.32 Å². The summed E-state index contributed by atoms with van der Waals surface area (Å²) in [7, 11) is 0. The van der Waals surface area contributed by atoms with Crippen molar-refractivity contribution in [1.29, 1.82) is 0 Å². The molecule has 2 rings (SSSR count). The van der Waals surface area contributed by atoms with E-state index in [4.69, 9.17) is 0 Å². The zero-order valence-corrected chi connectivity index (χ0v) is 13.0. The summed E-state index contributed by atoms with van der Waals surface area (Å²) < 4.78 is 0. The summed E-state index contributed by atoms with van der Waals surface area (Å²) in [5.41, 5.74) is 1.03. The molecule has 1 heterocycles. The van der Waals surface area contributed by atoms with Gasteiger partial charge in [-0.3, -0.25) is 0 Å². The van der Waals surface area contributed by atoms with Gasteiger partial charge in [-0.15, -0.1) is 0 Å². The summed E-state index contributed by atoms with van der Waals surface area (Å²) in [4.78, 5) is 25.3. The first-order valence-corrected chi connectivity index (χ1v) is 7.87. The lowest BCUT2D eigenvalue weighted by atomic mass is 9.76. The standard InChI is InChI=1S/C16H26N2O3/c1-16(2)9-5-11-18(13(16)14(19)20)15(21)17-10-8-12-6-3-4-7-12/h6,13H,3-5,7-11H2,1-2H3,(H,17,21)(H,19,20). The van der Waals surface area contributed by atoms with Gasteiger partial charge in [0, 0.05) is 13.1 Å². The number of amides is 2. The third kappa shape index (κ3) is 3.77. The highest BCUT2D eigenvalue weighted by molar-refractivity contribution is 5.83. The summed E-state index contributed by atoms with van der Waals surface area (Å²) in [6.45, 7) is 4.96. The van der Waals surface area contributed by atoms with Crippen LogP contribution in [0, 0.1) is 5.41 Å². The second kappa shape index (κ2) is 6.50. The highest BCUT2D eigenvalue weighted by Crippen LogP contribution is 2.35. The molecule has 0 spiro atoms. The fraction of sp³-hybridized carbons (Fsp3) is 0.750. The van der Waals surface area contributed by atoms with E-state index in [1.807, 2.05) is 13.8 Å². The largest absolute Gasteiger partial charge is 0.480 e. The van der Waals surface area contributed by atoms with E-state index < -0.39 is 12.0 Å². The fourth-order valence-corrected chi connectivity index (χ4v) is 3.48. The van der Waals surface area contributed by atoms with Gasteiger partial charge in [0.2, 0.25) is 0 Å². The minimum Gasteiger partial charge on any atom is -0.480 e. The molecule has 2 N–H and O–H groups in total. The number of carbonyl (C=O) groups is 2. The van der Waals surface area contributed by atoms with Crippen LogP contribution in [0.4, 0.5) is 4.79 Å². The Morgan fingerprint density at radius 2 is 2.19 bits per heavy atom. The lowest BCUT2D eigenvalue weighted by molar-refractivity contribution is -0.148. The quantitative estimate of drug-likeness (QED) is 0.783. The number of hydrogen-bond acceptors (Lipinski definition) is 2. The molecule has 1 saturated heterocycles. The van der Waals surface area contributed by atoms with E-state index >= 15 is 0 Å². The molecule has 1 unspecified atom stereocenters. The Labute approximate surface area is 126 Å². The summed E-state index contributed by atoms with van der Waals surface area (Å²) in [6.07, 6.45) is 8.30. The maximum Gasteiger partial charge on any atom is 0.327 e. The highest BCUT2D eigenvalue weighted by Gasteiger charge is 2.44. The first kappa shape index (κ1) is 15.9. The van der Waals surface area contributed by atoms with Gasteiger partial charge >= 0.3 is 12.0 Å². The van der Waals surface area contributed by atoms with E-state index in [9.17, 15) is 14.7 Å². The van der Waals surface area contributed by atoms with E-state index in [0.717, 1.165) is 32.1 Å². The first-order valence-electron chi connectivity index (χ1n) is 7.87. The van der Waals surface area contributed by atoms with Gasteiger partial charge in [-0.1, -0.05) is 25.5 Å². The molecule has 21 heavy (non-hydrogen) atoms. The minimum absolute atomic E-state index is 0.242. The number of urea groups is 1. The van der Waals surface area contributed by atoms with Crippen LogP contribution in [0.3, 0.4) is 0 Å². The van der Waals surface area contributed by atoms with E-state index in [0.29, 0.717) is 13.1 Å². The molecule has 118 valence electrons. The highest BCUT2D eigenvalue weighted by atomic mass is 16.4. The van der Waals surface area contributed by atoms with Gasteiger partial charge < -0.3 is 15.3 Å². The van der Waals surface area contributed by atoms with Gasteiger partial charge in [-0.25, -0.2) is 9.59 Å². The van der Waals surface area contributed by atoms with Crippen molar-refractivity contribution in [2.24, 2.45) is 5.41 Å². The van der Waals surface area contributed by atoms with Crippen molar-refractivity contribution in [1.82, 2.24) is 10.2 Å². The molecule has 0 aromatic carbocycles. The smallest absolute Gasteiger partial charge is 0.327 e. The molecule has 0 bridgehead atoms. The van der Waals surface area contributed by atoms with Crippen molar-refractivity contribution in [3.8, 4) is 0 Å². The van der Waals surface area contributed by atoms with Gasteiger partial charge in [-0.2, -0.15) is 0 Å². The summed E-state index contributed by atoms with van der Waals surface area (Å²) in [6, 6.07) is -0.981. The van der Waals surface area contributed by atoms with Crippen molar-refractivity contribution in [2.45, 2.75) is 58.4 Å². The fourth-order valence-electron chi connectivity index (χ4n) is 3.48. The Balaban J connectivity index is 1.91. The number of hydrogen-bond donors (Lipinski definition) is 2. The first-order chi connectivity index (χ1) is 9.92. The number of carbonyl (C=O) groups excluding carboxylic acids is 1. The van der Waals surface area contributed by atoms with Crippen molar-refractivity contribution in [2.75, 3.05) is 13.1 Å². The molecular weight excluding hydrogens is 268 g/mol. The number of aliphatic carboxylic acids is 1. The molecule has 0 radical (unpaired) electrons. The Bertz CT molecular complexity index is 443. The predicted molar refractivity (Wildman–Crippen MR) is 81.1 cm³/mol. The lowest BCUT2D eigenvalue weighted by Crippen LogP contribution is -2.58. The monoisotopic (exact) mass is 294 g/mol. The number of nitrogens with one attached hydrogen (secondary N) is 1. The topological polar surface area (TPSA) is 69.6 Å². The second-order valence-electron chi connectivity index (χ2n) is 6.76. The zero-order chi connectivity index (χ0) is 15.5. The number of rotatable bonds is 4. The van der Waals surface area contributed by atoms with Crippen LogP contribution in [0.25, 0.3) is 0 Å².